The maximum absolute atomic E-state index is 2.40. The largest absolute Gasteiger partial charge is 0.250 e. The summed E-state index contributed by atoms with van der Waals surface area (Å²) in [6, 6.07) is 0.743. The second-order valence-electron chi connectivity index (χ2n) is 3.96. The minimum absolute atomic E-state index is 0.743. The van der Waals surface area contributed by atoms with Crippen LogP contribution in [0, 0.1) is 11.8 Å². The Morgan fingerprint density at radius 2 is 1.82 bits per heavy atom. The highest BCUT2D eigenvalue weighted by Crippen LogP contribution is 2.40. The van der Waals surface area contributed by atoms with Crippen LogP contribution in [0.5, 0.6) is 0 Å². The van der Waals surface area contributed by atoms with Gasteiger partial charge in [0.1, 0.15) is 0 Å². The summed E-state index contributed by atoms with van der Waals surface area (Å²) in [5, 5.41) is 0.829. The molecule has 1 nitrogen and oxygen atoms in total. The zero-order valence-corrected chi connectivity index (χ0v) is 8.98. The van der Waals surface area contributed by atoms with Crippen molar-refractivity contribution in [2.45, 2.75) is 39.0 Å². The van der Waals surface area contributed by atoms with E-state index in [4.69, 9.17) is 0 Å². The van der Waals surface area contributed by atoms with Crippen LogP contribution in [0.15, 0.2) is 0 Å². The Balaban J connectivity index is 2.59. The van der Waals surface area contributed by atoms with Crippen molar-refractivity contribution in [1.29, 1.82) is 0 Å². The zero-order chi connectivity index (χ0) is 8.59. The molecule has 2 heteroatoms. The van der Waals surface area contributed by atoms with Crippen LogP contribution in [0.2, 0.25) is 0 Å². The van der Waals surface area contributed by atoms with Crippen LogP contribution in [0.1, 0.15) is 27.7 Å². The van der Waals surface area contributed by atoms with Gasteiger partial charge in [0.05, 0.1) is 0 Å². The molecule has 0 saturated carbocycles. The lowest BCUT2D eigenvalue weighted by Crippen LogP contribution is -2.25. The first-order valence-corrected chi connectivity index (χ1v) is 5.27. The quantitative estimate of drug-likeness (QED) is 0.561. The minimum atomic E-state index is 0.743. The van der Waals surface area contributed by atoms with Crippen LogP contribution in [0.3, 0.4) is 0 Å². The Bertz CT molecular complexity index is 136. The summed E-state index contributed by atoms with van der Waals surface area (Å²) in [5.74, 6) is 1.65. The molecule has 1 aliphatic rings. The molecule has 1 saturated heterocycles. The summed E-state index contributed by atoms with van der Waals surface area (Å²) in [6.45, 7) is 9.33. The van der Waals surface area contributed by atoms with Gasteiger partial charge in [0.15, 0.2) is 0 Å². The lowest BCUT2D eigenvalue weighted by molar-refractivity contribution is 0.335. The third-order valence-electron chi connectivity index (χ3n) is 2.80. The van der Waals surface area contributed by atoms with Crippen molar-refractivity contribution in [3.05, 3.63) is 0 Å². The SMILES string of the molecule is CC(C)C1SN(C)C(C)C1C. The second-order valence-corrected chi connectivity index (χ2v) is 5.29. The topological polar surface area (TPSA) is 3.24 Å². The van der Waals surface area contributed by atoms with Gasteiger partial charge in [0.2, 0.25) is 0 Å². The average Bonchev–Trinajstić information content (AvgIpc) is 2.17. The number of hydrogen-bond donors (Lipinski definition) is 0. The summed E-state index contributed by atoms with van der Waals surface area (Å²) in [6.07, 6.45) is 0. The third-order valence-corrected chi connectivity index (χ3v) is 4.68. The Hall–Kier alpha value is 0.310. The van der Waals surface area contributed by atoms with Gasteiger partial charge < -0.3 is 0 Å². The van der Waals surface area contributed by atoms with Gasteiger partial charge >= 0.3 is 0 Å². The average molecular weight is 173 g/mol. The Morgan fingerprint density at radius 1 is 1.27 bits per heavy atom. The highest BCUT2D eigenvalue weighted by Gasteiger charge is 2.36. The van der Waals surface area contributed by atoms with E-state index in [0.29, 0.717) is 0 Å². The molecule has 0 aromatic rings. The fraction of sp³-hybridized carbons (Fsp3) is 1.00. The third kappa shape index (κ3) is 1.73. The van der Waals surface area contributed by atoms with E-state index in [0.717, 1.165) is 23.1 Å². The van der Waals surface area contributed by atoms with Crippen LogP contribution in [0.25, 0.3) is 0 Å². The molecule has 0 radical (unpaired) electrons. The Labute approximate surface area is 74.7 Å². The zero-order valence-electron chi connectivity index (χ0n) is 8.16. The molecule has 3 unspecified atom stereocenters. The fourth-order valence-electron chi connectivity index (χ4n) is 1.72. The van der Waals surface area contributed by atoms with Gasteiger partial charge in [0.25, 0.3) is 0 Å². The smallest absolute Gasteiger partial charge is 0.0258 e. The molecule has 0 aromatic carbocycles. The van der Waals surface area contributed by atoms with E-state index in [1.54, 1.807) is 0 Å². The van der Waals surface area contributed by atoms with E-state index < -0.39 is 0 Å². The van der Waals surface area contributed by atoms with Crippen LogP contribution < -0.4 is 0 Å². The van der Waals surface area contributed by atoms with Gasteiger partial charge in [-0.05, 0) is 25.8 Å². The van der Waals surface area contributed by atoms with Crippen molar-refractivity contribution in [2.24, 2.45) is 11.8 Å². The fourth-order valence-corrected chi connectivity index (χ4v) is 3.15. The molecular formula is C9H19NS. The maximum Gasteiger partial charge on any atom is 0.0258 e. The van der Waals surface area contributed by atoms with Gasteiger partial charge in [-0.1, -0.05) is 32.7 Å². The molecule has 0 spiro atoms. The number of hydrogen-bond acceptors (Lipinski definition) is 2. The van der Waals surface area contributed by atoms with Gasteiger partial charge in [-0.25, -0.2) is 0 Å². The highest BCUT2D eigenvalue weighted by atomic mass is 32.2. The lowest BCUT2D eigenvalue weighted by Gasteiger charge is -2.18. The summed E-state index contributed by atoms with van der Waals surface area (Å²) < 4.78 is 2.40. The lowest BCUT2D eigenvalue weighted by atomic mass is 9.93. The predicted octanol–water partition coefficient (Wildman–Crippen LogP) is 2.63. The molecule has 1 heterocycles. The molecule has 66 valence electrons. The van der Waals surface area contributed by atoms with E-state index in [9.17, 15) is 0 Å². The van der Waals surface area contributed by atoms with Crippen LogP contribution in [-0.4, -0.2) is 22.6 Å². The molecule has 1 fully saturated rings. The Kier molecular flexibility index (Phi) is 2.87. The van der Waals surface area contributed by atoms with Crippen LogP contribution >= 0.6 is 11.9 Å². The molecule has 0 amide bonds. The summed E-state index contributed by atoms with van der Waals surface area (Å²) in [4.78, 5) is 0. The van der Waals surface area contributed by atoms with Gasteiger partial charge in [-0.15, -0.1) is 0 Å². The van der Waals surface area contributed by atoms with Crippen molar-refractivity contribution < 1.29 is 0 Å². The van der Waals surface area contributed by atoms with E-state index in [1.807, 2.05) is 11.9 Å². The predicted molar refractivity (Wildman–Crippen MR) is 52.6 cm³/mol. The van der Waals surface area contributed by atoms with Crippen LogP contribution in [0.4, 0.5) is 0 Å². The molecule has 0 N–H and O–H groups in total. The van der Waals surface area contributed by atoms with E-state index >= 15 is 0 Å². The maximum atomic E-state index is 2.40. The highest BCUT2D eigenvalue weighted by molar-refractivity contribution is 7.97. The molecular weight excluding hydrogens is 154 g/mol. The van der Waals surface area contributed by atoms with Crippen molar-refractivity contribution >= 4 is 11.9 Å². The number of nitrogens with zero attached hydrogens (tertiary/aromatic N) is 1. The summed E-state index contributed by atoms with van der Waals surface area (Å²) in [5.41, 5.74) is 0. The van der Waals surface area contributed by atoms with Crippen molar-refractivity contribution in [1.82, 2.24) is 4.31 Å². The molecule has 1 rings (SSSR count). The minimum Gasteiger partial charge on any atom is -0.250 e. The van der Waals surface area contributed by atoms with Gasteiger partial charge in [-0.3, -0.25) is 4.31 Å². The van der Waals surface area contributed by atoms with E-state index in [2.05, 4.69) is 39.0 Å². The van der Waals surface area contributed by atoms with E-state index in [-0.39, 0.29) is 0 Å². The van der Waals surface area contributed by atoms with Gasteiger partial charge in [0, 0.05) is 11.3 Å². The molecule has 0 aromatic heterocycles. The second kappa shape index (κ2) is 3.36. The standard InChI is InChI=1S/C9H19NS/c1-6(2)9-7(3)8(4)10(5)11-9/h6-9H,1-5H3. The molecule has 0 bridgehead atoms. The van der Waals surface area contributed by atoms with Crippen LogP contribution in [-0.2, 0) is 0 Å². The summed E-state index contributed by atoms with van der Waals surface area (Å²) in [7, 11) is 2.20. The monoisotopic (exact) mass is 173 g/mol. The Morgan fingerprint density at radius 3 is 2.00 bits per heavy atom. The molecule has 3 atom stereocenters. The molecule has 1 aliphatic heterocycles. The van der Waals surface area contributed by atoms with Crippen molar-refractivity contribution in [3.63, 3.8) is 0 Å². The number of rotatable bonds is 1. The first kappa shape index (κ1) is 9.40. The first-order valence-electron chi connectivity index (χ1n) is 4.43. The normalized spacial score (nSPS) is 40.4. The van der Waals surface area contributed by atoms with E-state index in [1.165, 1.54) is 0 Å². The van der Waals surface area contributed by atoms with Gasteiger partial charge in [-0.2, -0.15) is 0 Å². The summed E-state index contributed by atoms with van der Waals surface area (Å²) >= 11 is 2.02. The molecule has 11 heavy (non-hydrogen) atoms. The first-order chi connectivity index (χ1) is 5.04. The molecule has 0 aliphatic carbocycles. The van der Waals surface area contributed by atoms with Crippen molar-refractivity contribution in [2.75, 3.05) is 7.05 Å². The van der Waals surface area contributed by atoms with Crippen molar-refractivity contribution in [3.8, 4) is 0 Å².